The summed E-state index contributed by atoms with van der Waals surface area (Å²) in [6, 6.07) is 170. The maximum atomic E-state index is 7.36. The molecule has 0 aliphatic carbocycles. The first-order valence-corrected chi connectivity index (χ1v) is 44.9. The van der Waals surface area contributed by atoms with Crippen LogP contribution in [0, 0.1) is 34.3 Å². The zero-order valence-corrected chi connectivity index (χ0v) is 73.9. The van der Waals surface area contributed by atoms with Crippen molar-refractivity contribution in [1.82, 2.24) is 0 Å². The van der Waals surface area contributed by atoms with Crippen molar-refractivity contribution in [3.63, 3.8) is 0 Å². The molecule has 0 unspecified atom stereocenters. The molecule has 618 valence electrons. The van der Waals surface area contributed by atoms with Gasteiger partial charge in [0.05, 0.1) is 17.9 Å². The number of aryl methyl sites for hydroxylation is 4. The monoisotopic (exact) mass is 1660 g/mol. The molecule has 2 nitrogen and oxygen atoms in total. The van der Waals surface area contributed by atoms with Crippen LogP contribution in [0.4, 0.5) is 22.7 Å². The summed E-state index contributed by atoms with van der Waals surface area (Å²) in [6.45, 7) is 20.7. The van der Waals surface area contributed by atoms with E-state index in [9.17, 15) is 0 Å². The Balaban J connectivity index is 0.000000109. The lowest BCUT2D eigenvalue weighted by molar-refractivity contribution is 0.632. The first-order valence-electron chi connectivity index (χ1n) is 44.9. The average molecular weight is 1660 g/mol. The Bertz CT molecular complexity index is 7880. The number of hydrogen-bond donors (Lipinski definition) is 0. The quantitative estimate of drug-likeness (QED) is 0.0925. The molecule has 0 saturated carbocycles. The second-order valence-corrected chi connectivity index (χ2v) is 34.8. The van der Waals surface area contributed by atoms with Crippen molar-refractivity contribution in [2.45, 2.75) is 47.0 Å². The van der Waals surface area contributed by atoms with Gasteiger partial charge in [0.15, 0.2) is 5.69 Å². The first kappa shape index (κ1) is 82.0. The molecule has 130 heavy (non-hydrogen) atoms. The molecular formula is C128H96N2. The normalized spacial score (nSPS) is 11.8. The number of hydrogen-bond acceptors (Lipinski definition) is 1. The van der Waals surface area contributed by atoms with E-state index in [1.54, 1.807) is 0 Å². The number of benzene rings is 22. The van der Waals surface area contributed by atoms with Crippen molar-refractivity contribution in [3.05, 3.63) is 518 Å². The highest BCUT2D eigenvalue weighted by atomic mass is 15.2. The molecule has 2 heteroatoms. The zero-order chi connectivity index (χ0) is 88.2. The number of fused-ring (bicyclic) bond motifs is 14. The van der Waals surface area contributed by atoms with E-state index in [1.807, 2.05) is 30.3 Å². The molecule has 0 spiro atoms. The van der Waals surface area contributed by atoms with Crippen LogP contribution in [-0.2, 0) is 5.41 Å². The Morgan fingerprint density at radius 1 is 0.185 bits per heavy atom. The minimum Gasteiger partial charge on any atom is -0.310 e. The summed E-state index contributed by atoms with van der Waals surface area (Å²) < 4.78 is 0. The molecule has 0 amide bonds. The summed E-state index contributed by atoms with van der Waals surface area (Å²) in [5.74, 6) is 0. The van der Waals surface area contributed by atoms with Gasteiger partial charge in [-0.05, 0) is 298 Å². The predicted molar refractivity (Wildman–Crippen MR) is 557 cm³/mol. The van der Waals surface area contributed by atoms with Gasteiger partial charge in [-0.2, -0.15) is 0 Å². The maximum absolute atomic E-state index is 7.36. The summed E-state index contributed by atoms with van der Waals surface area (Å²) in [4.78, 5) is 6.04. The van der Waals surface area contributed by atoms with Gasteiger partial charge in [-0.25, -0.2) is 4.85 Å². The highest BCUT2D eigenvalue weighted by molar-refractivity contribution is 6.27. The third kappa shape index (κ3) is 16.6. The van der Waals surface area contributed by atoms with Crippen LogP contribution in [0.2, 0.25) is 0 Å². The fourth-order valence-corrected chi connectivity index (χ4v) is 19.4. The minimum atomic E-state index is -0.0426. The van der Waals surface area contributed by atoms with Crippen LogP contribution in [0.5, 0.6) is 0 Å². The summed E-state index contributed by atoms with van der Waals surface area (Å²) in [7, 11) is 0. The van der Waals surface area contributed by atoms with Crippen LogP contribution in [-0.4, -0.2) is 0 Å². The third-order valence-electron chi connectivity index (χ3n) is 25.8. The molecule has 0 aromatic heterocycles. The molecule has 1 heterocycles. The van der Waals surface area contributed by atoms with Gasteiger partial charge < -0.3 is 4.90 Å². The molecule has 23 rings (SSSR count). The van der Waals surface area contributed by atoms with Gasteiger partial charge in [-0.15, -0.1) is 0 Å². The van der Waals surface area contributed by atoms with Crippen LogP contribution in [0.3, 0.4) is 0 Å². The highest BCUT2D eigenvalue weighted by Crippen LogP contribution is 2.52. The molecule has 0 saturated heterocycles. The molecule has 0 N–H and O–H groups in total. The Labute approximate surface area is 763 Å². The van der Waals surface area contributed by atoms with Gasteiger partial charge in [0.25, 0.3) is 0 Å². The lowest BCUT2D eigenvalue weighted by Crippen LogP contribution is -2.30. The average Bonchev–Trinajstić information content (AvgIpc) is 0.726. The smallest absolute Gasteiger partial charge is 0.194 e. The Morgan fingerprint density at radius 2 is 0.408 bits per heavy atom. The zero-order valence-electron chi connectivity index (χ0n) is 73.9. The molecule has 1 aliphatic rings. The van der Waals surface area contributed by atoms with Crippen molar-refractivity contribution in [2.24, 2.45) is 0 Å². The summed E-state index contributed by atoms with van der Waals surface area (Å²) >= 11 is 0. The summed E-state index contributed by atoms with van der Waals surface area (Å²) in [6.07, 6.45) is 0. The number of para-hydroxylation sites is 3. The molecule has 0 fully saturated rings. The number of anilines is 3. The van der Waals surface area contributed by atoms with Crippen molar-refractivity contribution < 1.29 is 0 Å². The molecule has 1 aliphatic heterocycles. The highest BCUT2D eigenvalue weighted by Gasteiger charge is 2.36. The molecule has 0 atom stereocenters. The second kappa shape index (κ2) is 36.0. The van der Waals surface area contributed by atoms with Gasteiger partial charge in [-0.3, -0.25) is 0 Å². The van der Waals surface area contributed by atoms with Gasteiger partial charge in [0.1, 0.15) is 0 Å². The minimum absolute atomic E-state index is 0.0426. The maximum Gasteiger partial charge on any atom is 0.194 e. The standard InChI is InChI=1S/C37H26.C34H29N.C31H22.C26H19N/c1-25-21-30(26-9-3-2-4-10-26)23-31(22-25)28-17-15-27(16-18-28)29-19-20-36-34-13-6-5-11-32(34)33-12-7-8-14-35(33)37(36)24-29;1-24-21-27(25-11-5-4-6-12-25)23-28(22-24)26-17-19-29(20-18-26)35-32-15-9-7-13-30(32)34(2,3)31-14-8-10-16-33(31)35;1-21-17-24(22-9-3-2-4-10-22)19-25(18-21)23-15-16-30-28-13-6-5-11-26(28)27-12-7-8-14-29(27)31(30)20-23;1-19-16-23(20-8-4-3-5-9-20)18-24(17-19)21-12-14-22(15-13-21)25-10-6-7-11-26(25)27-2/h2-24H,1H3;4-23H,1-3H3;2-20H,1H3;3-18H,1H3. The third-order valence-corrected chi connectivity index (χ3v) is 25.8. The van der Waals surface area contributed by atoms with Crippen molar-refractivity contribution in [3.8, 4) is 111 Å². The van der Waals surface area contributed by atoms with E-state index in [1.165, 1.54) is 215 Å². The van der Waals surface area contributed by atoms with Crippen LogP contribution in [0.25, 0.3) is 181 Å². The van der Waals surface area contributed by atoms with Crippen LogP contribution in [0.15, 0.2) is 473 Å². The van der Waals surface area contributed by atoms with Gasteiger partial charge in [0.2, 0.25) is 0 Å². The molecule has 0 radical (unpaired) electrons. The largest absolute Gasteiger partial charge is 0.310 e. The molecule has 0 bridgehead atoms. The number of rotatable bonds is 11. The SMILES string of the molecule is Cc1cc(-c2ccccc2)cc(-c2ccc(-c3ccc4c5ccccc5c5ccccc5c4c3)cc2)c1.Cc1cc(-c2ccccc2)cc(-c2ccc(N3c4ccccc4C(C)(C)c4ccccc43)cc2)c1.Cc1cc(-c2ccccc2)cc(-c2ccc3c4ccccc4c4ccccc4c3c2)c1.[C-]#[N+]c1ccccc1-c1ccc(-c2cc(C)cc(-c3ccccc3)c2)cc1. The van der Waals surface area contributed by atoms with E-state index in [0.717, 1.165) is 11.1 Å². The van der Waals surface area contributed by atoms with Crippen LogP contribution < -0.4 is 4.90 Å². The van der Waals surface area contributed by atoms with Crippen molar-refractivity contribution in [2.75, 3.05) is 4.90 Å². The first-order chi connectivity index (χ1) is 63.8. The van der Waals surface area contributed by atoms with Gasteiger partial charge in [-0.1, -0.05) is 426 Å². The van der Waals surface area contributed by atoms with Crippen molar-refractivity contribution >= 4 is 87.4 Å². The van der Waals surface area contributed by atoms with E-state index >= 15 is 0 Å². The van der Waals surface area contributed by atoms with E-state index < -0.39 is 0 Å². The molecular weight excluding hydrogens is 1570 g/mol. The van der Waals surface area contributed by atoms with Crippen molar-refractivity contribution in [1.29, 1.82) is 0 Å². The predicted octanol–water partition coefficient (Wildman–Crippen LogP) is 36.2. The fraction of sp³-hybridized carbons (Fsp3) is 0.0547. The van der Waals surface area contributed by atoms with Crippen LogP contribution in [0.1, 0.15) is 47.2 Å². The summed E-state index contributed by atoms with van der Waals surface area (Å²) in [5.41, 5.74) is 36.5. The lowest BCUT2D eigenvalue weighted by Gasteiger charge is -2.42. The van der Waals surface area contributed by atoms with E-state index in [-0.39, 0.29) is 5.41 Å². The lowest BCUT2D eigenvalue weighted by atomic mass is 9.73. The van der Waals surface area contributed by atoms with E-state index in [2.05, 4.69) is 494 Å². The van der Waals surface area contributed by atoms with E-state index in [0.29, 0.717) is 5.69 Å². The molecule has 22 aromatic carbocycles. The van der Waals surface area contributed by atoms with E-state index in [4.69, 9.17) is 6.57 Å². The molecule has 22 aromatic rings. The van der Waals surface area contributed by atoms with Crippen LogP contribution >= 0.6 is 0 Å². The fourth-order valence-electron chi connectivity index (χ4n) is 19.4. The topological polar surface area (TPSA) is 7.60 Å². The summed E-state index contributed by atoms with van der Waals surface area (Å²) in [5, 5.41) is 15.8. The van der Waals surface area contributed by atoms with Gasteiger partial charge >= 0.3 is 0 Å². The second-order valence-electron chi connectivity index (χ2n) is 34.8. The Morgan fingerprint density at radius 3 is 0.731 bits per heavy atom. The number of nitrogens with zero attached hydrogens (tertiary/aromatic N) is 2. The Kier molecular flexibility index (Phi) is 22.7. The Hall–Kier alpha value is -16.3. The van der Waals surface area contributed by atoms with Gasteiger partial charge in [0, 0.05) is 11.1 Å².